The van der Waals surface area contributed by atoms with Crippen molar-refractivity contribution in [2.24, 2.45) is 5.41 Å². The molecule has 1 aliphatic heterocycles. The molecule has 1 N–H and O–H groups in total. The summed E-state index contributed by atoms with van der Waals surface area (Å²) in [4.78, 5) is 11.6. The largest absolute Gasteiger partial charge is 0.334 e. The SMILES string of the molecule is CCn1ccnc1CN(Cc1cnccc1C)C1CC12CCNCC2.Cl. The van der Waals surface area contributed by atoms with Crippen LogP contribution in [0.5, 0.6) is 0 Å². The average molecular weight is 376 g/mol. The molecular weight excluding hydrogens is 346 g/mol. The van der Waals surface area contributed by atoms with Gasteiger partial charge in [0, 0.05) is 43.9 Å². The van der Waals surface area contributed by atoms with Crippen LogP contribution in [0, 0.1) is 12.3 Å². The van der Waals surface area contributed by atoms with E-state index in [-0.39, 0.29) is 12.4 Å². The molecule has 1 atom stereocenters. The molecule has 2 aromatic rings. The summed E-state index contributed by atoms with van der Waals surface area (Å²) >= 11 is 0. The Labute approximate surface area is 162 Å². The minimum atomic E-state index is 0. The first kappa shape index (κ1) is 19.3. The lowest BCUT2D eigenvalue weighted by molar-refractivity contribution is 0.182. The monoisotopic (exact) mass is 375 g/mol. The summed E-state index contributed by atoms with van der Waals surface area (Å²) in [6, 6.07) is 2.80. The van der Waals surface area contributed by atoms with Gasteiger partial charge in [0.05, 0.1) is 6.54 Å². The van der Waals surface area contributed by atoms with Crippen LogP contribution < -0.4 is 5.32 Å². The van der Waals surface area contributed by atoms with Gasteiger partial charge in [0.15, 0.2) is 0 Å². The predicted molar refractivity (Wildman–Crippen MR) is 106 cm³/mol. The number of hydrogen-bond donors (Lipinski definition) is 1. The second kappa shape index (κ2) is 8.07. The molecule has 1 saturated carbocycles. The number of piperidine rings is 1. The topological polar surface area (TPSA) is 46.0 Å². The highest BCUT2D eigenvalue weighted by atomic mass is 35.5. The van der Waals surface area contributed by atoms with Gasteiger partial charge in [-0.1, -0.05) is 0 Å². The Bertz CT molecular complexity index is 722. The van der Waals surface area contributed by atoms with Crippen LogP contribution in [0.4, 0.5) is 0 Å². The lowest BCUT2D eigenvalue weighted by Crippen LogP contribution is -2.36. The summed E-state index contributed by atoms with van der Waals surface area (Å²) in [6.45, 7) is 9.58. The summed E-state index contributed by atoms with van der Waals surface area (Å²) in [7, 11) is 0. The van der Waals surface area contributed by atoms with Crippen molar-refractivity contribution < 1.29 is 0 Å². The highest BCUT2D eigenvalue weighted by Gasteiger charge is 2.56. The molecule has 1 unspecified atom stereocenters. The highest BCUT2D eigenvalue weighted by molar-refractivity contribution is 5.85. The summed E-state index contributed by atoms with van der Waals surface area (Å²) < 4.78 is 2.26. The number of aryl methyl sites for hydroxylation is 2. The Balaban J connectivity index is 0.00000196. The molecule has 1 saturated heterocycles. The van der Waals surface area contributed by atoms with E-state index in [0.29, 0.717) is 11.5 Å². The maximum atomic E-state index is 4.63. The van der Waals surface area contributed by atoms with E-state index in [1.54, 1.807) is 0 Å². The van der Waals surface area contributed by atoms with Crippen molar-refractivity contribution in [3.05, 3.63) is 47.8 Å². The van der Waals surface area contributed by atoms with Gasteiger partial charge < -0.3 is 9.88 Å². The molecule has 2 aliphatic rings. The van der Waals surface area contributed by atoms with E-state index in [1.165, 1.54) is 49.3 Å². The molecule has 0 amide bonds. The number of halogens is 1. The van der Waals surface area contributed by atoms with Crippen LogP contribution in [-0.4, -0.2) is 38.6 Å². The normalized spacial score (nSPS) is 21.0. The third-order valence-electron chi connectivity index (χ3n) is 6.19. The Hall–Kier alpha value is -1.43. The zero-order valence-corrected chi connectivity index (χ0v) is 16.6. The third kappa shape index (κ3) is 3.80. The molecule has 142 valence electrons. The fraction of sp³-hybridized carbons (Fsp3) is 0.600. The average Bonchev–Trinajstić information content (AvgIpc) is 3.12. The highest BCUT2D eigenvalue weighted by Crippen LogP contribution is 2.56. The number of aromatic nitrogens is 3. The van der Waals surface area contributed by atoms with Crippen LogP contribution in [-0.2, 0) is 19.6 Å². The molecule has 0 bridgehead atoms. The summed E-state index contributed by atoms with van der Waals surface area (Å²) in [5.74, 6) is 1.18. The van der Waals surface area contributed by atoms with E-state index < -0.39 is 0 Å². The second-order valence-corrected chi connectivity index (χ2v) is 7.67. The summed E-state index contributed by atoms with van der Waals surface area (Å²) in [5, 5.41) is 3.52. The molecule has 0 radical (unpaired) electrons. The van der Waals surface area contributed by atoms with Crippen molar-refractivity contribution in [3.63, 3.8) is 0 Å². The lowest BCUT2D eigenvalue weighted by Gasteiger charge is -2.30. The zero-order chi connectivity index (χ0) is 17.3. The number of imidazole rings is 1. The minimum absolute atomic E-state index is 0. The van der Waals surface area contributed by atoms with E-state index >= 15 is 0 Å². The molecule has 6 heteroatoms. The molecule has 2 fully saturated rings. The molecule has 1 spiro atoms. The molecule has 1 aliphatic carbocycles. The Morgan fingerprint density at radius 3 is 2.81 bits per heavy atom. The van der Waals surface area contributed by atoms with E-state index in [1.807, 2.05) is 18.6 Å². The van der Waals surface area contributed by atoms with Gasteiger partial charge in [-0.15, -0.1) is 12.4 Å². The van der Waals surface area contributed by atoms with Gasteiger partial charge in [0.1, 0.15) is 5.82 Å². The summed E-state index contributed by atoms with van der Waals surface area (Å²) in [5.41, 5.74) is 3.21. The van der Waals surface area contributed by atoms with E-state index in [9.17, 15) is 0 Å². The quantitative estimate of drug-likeness (QED) is 0.842. The van der Waals surface area contributed by atoms with Crippen molar-refractivity contribution in [2.75, 3.05) is 13.1 Å². The van der Waals surface area contributed by atoms with Crippen molar-refractivity contribution in [1.82, 2.24) is 24.8 Å². The van der Waals surface area contributed by atoms with Gasteiger partial charge in [-0.2, -0.15) is 0 Å². The number of pyridine rings is 1. The van der Waals surface area contributed by atoms with E-state index in [0.717, 1.165) is 19.6 Å². The Kier molecular flexibility index (Phi) is 6.00. The molecule has 2 aromatic heterocycles. The second-order valence-electron chi connectivity index (χ2n) is 7.67. The van der Waals surface area contributed by atoms with Crippen LogP contribution in [0.2, 0.25) is 0 Å². The molecule has 0 aromatic carbocycles. The first-order valence-electron chi connectivity index (χ1n) is 9.56. The summed E-state index contributed by atoms with van der Waals surface area (Å²) in [6.07, 6.45) is 11.9. The molecular formula is C20H30ClN5. The molecule has 3 heterocycles. The van der Waals surface area contributed by atoms with Crippen molar-refractivity contribution in [1.29, 1.82) is 0 Å². The van der Waals surface area contributed by atoms with Crippen LogP contribution >= 0.6 is 12.4 Å². The van der Waals surface area contributed by atoms with Gasteiger partial charge in [-0.05, 0) is 68.8 Å². The fourth-order valence-electron chi connectivity index (χ4n) is 4.42. The predicted octanol–water partition coefficient (Wildman–Crippen LogP) is 3.17. The van der Waals surface area contributed by atoms with Gasteiger partial charge in [0.25, 0.3) is 0 Å². The maximum absolute atomic E-state index is 4.63. The smallest absolute Gasteiger partial charge is 0.122 e. The van der Waals surface area contributed by atoms with Crippen LogP contribution in [0.1, 0.15) is 43.1 Å². The fourth-order valence-corrected chi connectivity index (χ4v) is 4.42. The first-order chi connectivity index (χ1) is 12.2. The van der Waals surface area contributed by atoms with Gasteiger partial charge >= 0.3 is 0 Å². The van der Waals surface area contributed by atoms with Crippen LogP contribution in [0.3, 0.4) is 0 Å². The van der Waals surface area contributed by atoms with E-state index in [4.69, 9.17) is 0 Å². The molecule has 26 heavy (non-hydrogen) atoms. The standard InChI is InChI=1S/C20H29N5.ClH/c1-3-24-11-10-23-19(24)15-25(14-17-13-22-7-4-16(17)2)18-12-20(18)5-8-21-9-6-20;/h4,7,10-11,13,18,21H,3,5-6,8-9,12,14-15H2,1-2H3;1H. The number of nitrogens with one attached hydrogen (secondary N) is 1. The first-order valence-corrected chi connectivity index (χ1v) is 9.56. The lowest BCUT2D eigenvalue weighted by atomic mass is 9.93. The number of nitrogens with zero attached hydrogens (tertiary/aromatic N) is 4. The molecule has 4 rings (SSSR count). The molecule has 5 nitrogen and oxygen atoms in total. The van der Waals surface area contributed by atoms with Gasteiger partial charge in [-0.3, -0.25) is 9.88 Å². The van der Waals surface area contributed by atoms with Crippen LogP contribution in [0.25, 0.3) is 0 Å². The Morgan fingerprint density at radius 2 is 2.08 bits per heavy atom. The minimum Gasteiger partial charge on any atom is -0.334 e. The zero-order valence-electron chi connectivity index (χ0n) is 15.8. The van der Waals surface area contributed by atoms with Crippen molar-refractivity contribution in [2.45, 2.75) is 58.8 Å². The Morgan fingerprint density at radius 1 is 1.27 bits per heavy atom. The van der Waals surface area contributed by atoms with Crippen LogP contribution in [0.15, 0.2) is 30.9 Å². The third-order valence-corrected chi connectivity index (χ3v) is 6.19. The maximum Gasteiger partial charge on any atom is 0.122 e. The van der Waals surface area contributed by atoms with Crippen molar-refractivity contribution >= 4 is 12.4 Å². The van der Waals surface area contributed by atoms with Gasteiger partial charge in [-0.25, -0.2) is 4.98 Å². The van der Waals surface area contributed by atoms with E-state index in [2.05, 4.69) is 50.9 Å². The van der Waals surface area contributed by atoms with Crippen molar-refractivity contribution in [3.8, 4) is 0 Å². The number of rotatable bonds is 6. The number of hydrogen-bond acceptors (Lipinski definition) is 4. The van der Waals surface area contributed by atoms with Gasteiger partial charge in [0.2, 0.25) is 0 Å².